The molecule has 0 unspecified atom stereocenters. The van der Waals surface area contributed by atoms with Crippen LogP contribution in [0.25, 0.3) is 0 Å². The highest BCUT2D eigenvalue weighted by Crippen LogP contribution is 2.36. The van der Waals surface area contributed by atoms with Crippen molar-refractivity contribution in [2.24, 2.45) is 0 Å². The minimum atomic E-state index is -4.62. The summed E-state index contributed by atoms with van der Waals surface area (Å²) in [6, 6.07) is 19.9. The number of amides is 1. The molecule has 3 rings (SSSR count). The Hall–Kier alpha value is -2.44. The van der Waals surface area contributed by atoms with Gasteiger partial charge >= 0.3 is 6.18 Å². The predicted octanol–water partition coefficient (Wildman–Crippen LogP) is 6.90. The van der Waals surface area contributed by atoms with Crippen LogP contribution < -0.4 is 5.32 Å². The summed E-state index contributed by atoms with van der Waals surface area (Å²) in [4.78, 5) is 13.5. The Labute approximate surface area is 169 Å². The molecular weight excluding hydrogens is 407 g/mol. The Balaban J connectivity index is 1.69. The largest absolute Gasteiger partial charge is 0.418 e. The smallest absolute Gasteiger partial charge is 0.321 e. The highest BCUT2D eigenvalue weighted by Gasteiger charge is 2.34. The summed E-state index contributed by atoms with van der Waals surface area (Å²) in [6.45, 7) is 0. The maximum absolute atomic E-state index is 13.1. The number of rotatable bonds is 5. The van der Waals surface area contributed by atoms with E-state index in [1.165, 1.54) is 6.07 Å². The van der Waals surface area contributed by atoms with Gasteiger partial charge in [0.1, 0.15) is 0 Å². The highest BCUT2D eigenvalue weighted by molar-refractivity contribution is 7.98. The third-order valence-corrected chi connectivity index (χ3v) is 5.22. The summed E-state index contributed by atoms with van der Waals surface area (Å²) in [5.41, 5.74) is -0.0285. The molecule has 0 radical (unpaired) electrons. The van der Waals surface area contributed by atoms with Crippen LogP contribution in [0.3, 0.4) is 0 Å². The SMILES string of the molecule is O=C(Nc1ccc(Cl)cc1C(F)(F)F)c1ccc(CSc2ccccc2)cc1. The fraction of sp³-hybridized carbons (Fsp3) is 0.0952. The first-order valence-corrected chi connectivity index (χ1v) is 9.64. The number of hydrogen-bond donors (Lipinski definition) is 1. The molecule has 0 saturated carbocycles. The minimum Gasteiger partial charge on any atom is -0.321 e. The van der Waals surface area contributed by atoms with E-state index in [0.29, 0.717) is 0 Å². The second kappa shape index (κ2) is 8.71. The van der Waals surface area contributed by atoms with Gasteiger partial charge in [-0.1, -0.05) is 41.9 Å². The van der Waals surface area contributed by atoms with Gasteiger partial charge in [-0.2, -0.15) is 13.2 Å². The predicted molar refractivity (Wildman–Crippen MR) is 107 cm³/mol. The second-order valence-corrected chi connectivity index (χ2v) is 7.43. The molecule has 0 aliphatic carbocycles. The van der Waals surface area contributed by atoms with Gasteiger partial charge in [-0.15, -0.1) is 11.8 Å². The van der Waals surface area contributed by atoms with Gasteiger partial charge in [0.05, 0.1) is 11.3 Å². The maximum Gasteiger partial charge on any atom is 0.418 e. The molecule has 28 heavy (non-hydrogen) atoms. The maximum atomic E-state index is 13.1. The van der Waals surface area contributed by atoms with Gasteiger partial charge in [0.15, 0.2) is 0 Å². The number of anilines is 1. The first-order valence-electron chi connectivity index (χ1n) is 8.28. The number of alkyl halides is 3. The monoisotopic (exact) mass is 421 g/mol. The number of carbonyl (C=O) groups is 1. The van der Waals surface area contributed by atoms with E-state index in [9.17, 15) is 18.0 Å². The minimum absolute atomic E-state index is 0.0504. The Bertz CT molecular complexity index is 960. The molecule has 2 nitrogen and oxygen atoms in total. The second-order valence-electron chi connectivity index (χ2n) is 5.94. The number of hydrogen-bond acceptors (Lipinski definition) is 2. The Kier molecular flexibility index (Phi) is 6.31. The van der Waals surface area contributed by atoms with Crippen molar-refractivity contribution >= 4 is 35.0 Å². The third-order valence-electron chi connectivity index (χ3n) is 3.90. The molecular formula is C21H15ClF3NOS. The fourth-order valence-corrected chi connectivity index (χ4v) is 3.54. The van der Waals surface area contributed by atoms with Crippen molar-refractivity contribution in [3.05, 3.63) is 94.5 Å². The number of benzene rings is 3. The fourth-order valence-electron chi connectivity index (χ4n) is 2.49. The van der Waals surface area contributed by atoms with Crippen molar-refractivity contribution in [2.45, 2.75) is 16.8 Å². The van der Waals surface area contributed by atoms with Crippen LogP contribution >= 0.6 is 23.4 Å². The molecule has 0 heterocycles. The number of carbonyl (C=O) groups excluding carboxylic acids is 1. The standard InChI is InChI=1S/C21H15ClF3NOS/c22-16-10-11-19(18(12-16)21(23,24)25)26-20(27)15-8-6-14(7-9-15)13-28-17-4-2-1-3-5-17/h1-12H,13H2,(H,26,27). The summed E-state index contributed by atoms with van der Waals surface area (Å²) in [6.07, 6.45) is -4.62. The Morgan fingerprint density at radius 3 is 2.29 bits per heavy atom. The lowest BCUT2D eigenvalue weighted by atomic mass is 10.1. The van der Waals surface area contributed by atoms with Gasteiger partial charge in [0.2, 0.25) is 0 Å². The molecule has 0 bridgehead atoms. The molecule has 144 valence electrons. The molecule has 7 heteroatoms. The van der Waals surface area contributed by atoms with Crippen LogP contribution in [0.5, 0.6) is 0 Å². The Morgan fingerprint density at radius 1 is 0.964 bits per heavy atom. The topological polar surface area (TPSA) is 29.1 Å². The summed E-state index contributed by atoms with van der Waals surface area (Å²) < 4.78 is 39.4. The van der Waals surface area contributed by atoms with Gasteiger partial charge in [-0.05, 0) is 48.0 Å². The average Bonchev–Trinajstić information content (AvgIpc) is 2.68. The van der Waals surface area contributed by atoms with E-state index in [1.54, 1.807) is 36.0 Å². The number of thioether (sulfide) groups is 1. The molecule has 0 fully saturated rings. The van der Waals surface area contributed by atoms with Crippen molar-refractivity contribution < 1.29 is 18.0 Å². The van der Waals surface area contributed by atoms with E-state index < -0.39 is 17.6 Å². The Morgan fingerprint density at radius 2 is 1.64 bits per heavy atom. The number of halogens is 4. The van der Waals surface area contributed by atoms with Crippen molar-refractivity contribution in [3.8, 4) is 0 Å². The van der Waals surface area contributed by atoms with E-state index in [-0.39, 0.29) is 16.3 Å². The van der Waals surface area contributed by atoms with Gasteiger partial charge in [-0.25, -0.2) is 0 Å². The van der Waals surface area contributed by atoms with E-state index in [0.717, 1.165) is 28.3 Å². The molecule has 0 spiro atoms. The highest BCUT2D eigenvalue weighted by atomic mass is 35.5. The first-order chi connectivity index (χ1) is 13.3. The molecule has 0 aliphatic rings. The zero-order chi connectivity index (χ0) is 20.1. The molecule has 0 saturated heterocycles. The molecule has 0 atom stereocenters. The van der Waals surface area contributed by atoms with E-state index >= 15 is 0 Å². The summed E-state index contributed by atoms with van der Waals surface area (Å²) >= 11 is 7.31. The van der Waals surface area contributed by atoms with Gasteiger partial charge in [0, 0.05) is 21.2 Å². The van der Waals surface area contributed by atoms with Crippen molar-refractivity contribution in [2.75, 3.05) is 5.32 Å². The quantitative estimate of drug-likeness (QED) is 0.454. The first kappa shape index (κ1) is 20.3. The van der Waals surface area contributed by atoms with E-state index in [1.807, 2.05) is 30.3 Å². The lowest BCUT2D eigenvalue weighted by Gasteiger charge is -2.14. The number of nitrogens with one attached hydrogen (secondary N) is 1. The third kappa shape index (κ3) is 5.30. The summed E-state index contributed by atoms with van der Waals surface area (Å²) in [5, 5.41) is 2.26. The lowest BCUT2D eigenvalue weighted by Crippen LogP contribution is -2.16. The van der Waals surface area contributed by atoms with Gasteiger partial charge < -0.3 is 5.32 Å². The lowest BCUT2D eigenvalue weighted by molar-refractivity contribution is -0.136. The zero-order valence-electron chi connectivity index (χ0n) is 14.5. The molecule has 3 aromatic rings. The van der Waals surface area contributed by atoms with Crippen LogP contribution in [0.2, 0.25) is 5.02 Å². The summed E-state index contributed by atoms with van der Waals surface area (Å²) in [7, 11) is 0. The average molecular weight is 422 g/mol. The van der Waals surface area contributed by atoms with Crippen LogP contribution in [0.4, 0.5) is 18.9 Å². The van der Waals surface area contributed by atoms with E-state index in [4.69, 9.17) is 11.6 Å². The van der Waals surface area contributed by atoms with Crippen LogP contribution in [-0.2, 0) is 11.9 Å². The molecule has 3 aromatic carbocycles. The molecule has 0 aromatic heterocycles. The van der Waals surface area contributed by atoms with Gasteiger partial charge in [-0.3, -0.25) is 4.79 Å². The van der Waals surface area contributed by atoms with Crippen LogP contribution in [-0.4, -0.2) is 5.91 Å². The molecule has 1 N–H and O–H groups in total. The van der Waals surface area contributed by atoms with Crippen LogP contribution in [0.15, 0.2) is 77.7 Å². The zero-order valence-corrected chi connectivity index (χ0v) is 16.0. The van der Waals surface area contributed by atoms with Crippen LogP contribution in [0.1, 0.15) is 21.5 Å². The molecule has 1 amide bonds. The van der Waals surface area contributed by atoms with Crippen molar-refractivity contribution in [3.63, 3.8) is 0 Å². The van der Waals surface area contributed by atoms with Crippen molar-refractivity contribution in [1.29, 1.82) is 0 Å². The molecule has 0 aliphatic heterocycles. The van der Waals surface area contributed by atoms with Crippen LogP contribution in [0, 0.1) is 0 Å². The normalized spacial score (nSPS) is 11.3. The van der Waals surface area contributed by atoms with Crippen molar-refractivity contribution in [1.82, 2.24) is 0 Å². The van der Waals surface area contributed by atoms with E-state index in [2.05, 4.69) is 5.32 Å². The summed E-state index contributed by atoms with van der Waals surface area (Å²) in [5.74, 6) is 0.108. The van der Waals surface area contributed by atoms with Gasteiger partial charge in [0.25, 0.3) is 5.91 Å².